The highest BCUT2D eigenvalue weighted by molar-refractivity contribution is 5.96. The predicted molar refractivity (Wildman–Crippen MR) is 111 cm³/mol. The van der Waals surface area contributed by atoms with Gasteiger partial charge in [0.1, 0.15) is 6.10 Å². The molecule has 1 aliphatic heterocycles. The third kappa shape index (κ3) is 6.78. The first-order valence-electron chi connectivity index (χ1n) is 9.97. The van der Waals surface area contributed by atoms with Crippen LogP contribution in [0.25, 0.3) is 0 Å². The number of amides is 3. The largest absolute Gasteiger partial charge is 0.481 e. The highest BCUT2D eigenvalue weighted by Crippen LogP contribution is 2.15. The summed E-state index contributed by atoms with van der Waals surface area (Å²) in [6.07, 6.45) is 1.20. The van der Waals surface area contributed by atoms with Crippen molar-refractivity contribution in [3.05, 3.63) is 59.9 Å². The van der Waals surface area contributed by atoms with Crippen LogP contribution in [-0.2, 0) is 14.3 Å². The van der Waals surface area contributed by atoms with Crippen LogP contribution in [0, 0.1) is 5.82 Å². The molecule has 1 aliphatic rings. The third-order valence-corrected chi connectivity index (χ3v) is 4.56. The Bertz CT molecular complexity index is 914. The second kappa shape index (κ2) is 11.1. The molecular formula is C22H24FN3O5. The third-order valence-electron chi connectivity index (χ3n) is 4.56. The normalized spacial score (nSPS) is 15.2. The molecule has 3 rings (SSSR count). The minimum absolute atomic E-state index is 0.00312. The zero-order valence-electron chi connectivity index (χ0n) is 16.9. The monoisotopic (exact) mass is 429 g/mol. The van der Waals surface area contributed by atoms with Gasteiger partial charge < -0.3 is 25.4 Å². The summed E-state index contributed by atoms with van der Waals surface area (Å²) in [5.74, 6) is -1.46. The molecule has 0 radical (unpaired) electrons. The Hall–Kier alpha value is -3.46. The molecular weight excluding hydrogens is 405 g/mol. The Morgan fingerprint density at radius 3 is 2.48 bits per heavy atom. The van der Waals surface area contributed by atoms with Gasteiger partial charge in [0.25, 0.3) is 11.8 Å². The number of para-hydroxylation sites is 1. The number of halogens is 1. The molecule has 9 heteroatoms. The predicted octanol–water partition coefficient (Wildman–Crippen LogP) is 1.87. The van der Waals surface area contributed by atoms with Crippen molar-refractivity contribution >= 4 is 23.4 Å². The van der Waals surface area contributed by atoms with Gasteiger partial charge in [0.05, 0.1) is 0 Å². The maximum atomic E-state index is 13.5. The smallest absolute Gasteiger partial charge is 0.262 e. The lowest BCUT2D eigenvalue weighted by Crippen LogP contribution is -2.39. The van der Waals surface area contributed by atoms with Gasteiger partial charge in [-0.15, -0.1) is 0 Å². The zero-order valence-corrected chi connectivity index (χ0v) is 16.9. The number of nitrogens with one attached hydrogen (secondary N) is 3. The number of hydrogen-bond donors (Lipinski definition) is 3. The van der Waals surface area contributed by atoms with Crippen LogP contribution in [0.3, 0.4) is 0 Å². The van der Waals surface area contributed by atoms with Crippen molar-refractivity contribution in [2.75, 3.05) is 31.6 Å². The van der Waals surface area contributed by atoms with Crippen molar-refractivity contribution < 1.29 is 28.2 Å². The molecule has 1 unspecified atom stereocenters. The molecule has 8 nitrogen and oxygen atoms in total. The molecule has 1 saturated heterocycles. The van der Waals surface area contributed by atoms with Gasteiger partial charge in [0.2, 0.25) is 5.91 Å². The summed E-state index contributed by atoms with van der Waals surface area (Å²) in [5, 5.41) is 8.05. The van der Waals surface area contributed by atoms with Crippen LogP contribution < -0.4 is 20.7 Å². The van der Waals surface area contributed by atoms with Gasteiger partial charge in [-0.2, -0.15) is 0 Å². The van der Waals surface area contributed by atoms with E-state index in [9.17, 15) is 18.8 Å². The molecule has 1 atom stereocenters. The van der Waals surface area contributed by atoms with Gasteiger partial charge in [-0.1, -0.05) is 12.1 Å². The average Bonchev–Trinajstić information content (AvgIpc) is 3.31. The van der Waals surface area contributed by atoms with Crippen LogP contribution >= 0.6 is 0 Å². The Labute approximate surface area is 179 Å². The van der Waals surface area contributed by atoms with Gasteiger partial charge in [0.15, 0.2) is 18.2 Å². The first-order chi connectivity index (χ1) is 15.0. The number of ether oxygens (including phenoxy) is 2. The van der Waals surface area contributed by atoms with Crippen molar-refractivity contribution in [2.45, 2.75) is 18.9 Å². The van der Waals surface area contributed by atoms with Crippen LogP contribution in [0.2, 0.25) is 0 Å². The van der Waals surface area contributed by atoms with Crippen LogP contribution in [0.15, 0.2) is 48.5 Å². The van der Waals surface area contributed by atoms with E-state index in [0.29, 0.717) is 24.4 Å². The molecule has 3 amide bonds. The first-order valence-corrected chi connectivity index (χ1v) is 9.97. The van der Waals surface area contributed by atoms with Gasteiger partial charge in [-0.25, -0.2) is 4.39 Å². The number of carbonyl (C=O) groups is 3. The summed E-state index contributed by atoms with van der Waals surface area (Å²) in [7, 11) is 0. The second-order valence-corrected chi connectivity index (χ2v) is 6.89. The van der Waals surface area contributed by atoms with Gasteiger partial charge >= 0.3 is 0 Å². The Morgan fingerprint density at radius 1 is 1.03 bits per heavy atom. The standard InChI is InChI=1S/C22H24FN3O5/c23-17-4-1-2-5-18(17)31-14-20(27)26-16-9-7-15(8-10-16)21(28)24-11-12-25-22(29)19-6-3-13-30-19/h1-2,4-5,7-10,19H,3,6,11-14H2,(H,24,28)(H,25,29)(H,26,27). The van der Waals surface area contributed by atoms with E-state index in [1.54, 1.807) is 30.3 Å². The Kier molecular flexibility index (Phi) is 7.94. The number of rotatable bonds is 9. The molecule has 0 aliphatic carbocycles. The second-order valence-electron chi connectivity index (χ2n) is 6.89. The maximum Gasteiger partial charge on any atom is 0.262 e. The van der Waals surface area contributed by atoms with Crippen LogP contribution in [-0.4, -0.2) is 50.1 Å². The molecule has 0 saturated carbocycles. The lowest BCUT2D eigenvalue weighted by atomic mass is 10.2. The van der Waals surface area contributed by atoms with E-state index in [-0.39, 0.29) is 30.7 Å². The van der Waals surface area contributed by atoms with Crippen LogP contribution in [0.5, 0.6) is 5.75 Å². The number of anilines is 1. The van der Waals surface area contributed by atoms with Crippen LogP contribution in [0.1, 0.15) is 23.2 Å². The summed E-state index contributed by atoms with van der Waals surface area (Å²) in [5.41, 5.74) is 0.883. The molecule has 0 spiro atoms. The topological polar surface area (TPSA) is 106 Å². The van der Waals surface area contributed by atoms with E-state index in [1.165, 1.54) is 18.2 Å². The van der Waals surface area contributed by atoms with E-state index in [0.717, 1.165) is 12.8 Å². The van der Waals surface area contributed by atoms with E-state index < -0.39 is 17.8 Å². The van der Waals surface area contributed by atoms with E-state index >= 15 is 0 Å². The van der Waals surface area contributed by atoms with Gasteiger partial charge in [0, 0.05) is 30.9 Å². The molecule has 1 fully saturated rings. The molecule has 3 N–H and O–H groups in total. The molecule has 2 aromatic carbocycles. The minimum atomic E-state index is -0.544. The fraction of sp³-hybridized carbons (Fsp3) is 0.318. The summed E-state index contributed by atoms with van der Waals surface area (Å²) in [4.78, 5) is 36.0. The molecule has 0 bridgehead atoms. The van der Waals surface area contributed by atoms with Gasteiger partial charge in [-0.3, -0.25) is 14.4 Å². The molecule has 0 aromatic heterocycles. The Balaban J connectivity index is 1.37. The summed E-state index contributed by atoms with van der Waals surface area (Å²) in [6.45, 7) is 0.842. The number of benzene rings is 2. The molecule has 31 heavy (non-hydrogen) atoms. The maximum absolute atomic E-state index is 13.5. The lowest BCUT2D eigenvalue weighted by Gasteiger charge is -2.11. The van der Waals surface area contributed by atoms with Crippen molar-refractivity contribution in [3.8, 4) is 5.75 Å². The Morgan fingerprint density at radius 2 is 1.77 bits per heavy atom. The van der Waals surface area contributed by atoms with Gasteiger partial charge in [-0.05, 0) is 49.2 Å². The fourth-order valence-electron chi connectivity index (χ4n) is 2.97. The van der Waals surface area contributed by atoms with E-state index in [2.05, 4.69) is 16.0 Å². The van der Waals surface area contributed by atoms with Crippen molar-refractivity contribution in [1.29, 1.82) is 0 Å². The highest BCUT2D eigenvalue weighted by Gasteiger charge is 2.22. The first kappa shape index (κ1) is 22.2. The van der Waals surface area contributed by atoms with Crippen molar-refractivity contribution in [2.24, 2.45) is 0 Å². The summed E-state index contributed by atoms with van der Waals surface area (Å²) >= 11 is 0. The lowest BCUT2D eigenvalue weighted by molar-refractivity contribution is -0.130. The van der Waals surface area contributed by atoms with Crippen LogP contribution in [0.4, 0.5) is 10.1 Å². The van der Waals surface area contributed by atoms with E-state index in [1.807, 2.05) is 0 Å². The molecule has 1 heterocycles. The number of hydrogen-bond acceptors (Lipinski definition) is 5. The quantitative estimate of drug-likeness (QED) is 0.528. The molecule has 164 valence electrons. The van der Waals surface area contributed by atoms with E-state index in [4.69, 9.17) is 9.47 Å². The summed E-state index contributed by atoms with van der Waals surface area (Å²) < 4.78 is 23.9. The van der Waals surface area contributed by atoms with Crippen molar-refractivity contribution in [3.63, 3.8) is 0 Å². The fourth-order valence-corrected chi connectivity index (χ4v) is 2.97. The zero-order chi connectivity index (χ0) is 22.1. The summed E-state index contributed by atoms with van der Waals surface area (Å²) in [6, 6.07) is 12.1. The SMILES string of the molecule is O=C(COc1ccccc1F)Nc1ccc(C(=O)NCCNC(=O)C2CCCO2)cc1. The highest BCUT2D eigenvalue weighted by atomic mass is 19.1. The molecule has 2 aromatic rings. The number of carbonyl (C=O) groups excluding carboxylic acids is 3. The minimum Gasteiger partial charge on any atom is -0.481 e. The average molecular weight is 429 g/mol. The van der Waals surface area contributed by atoms with Crippen molar-refractivity contribution in [1.82, 2.24) is 10.6 Å².